The first kappa shape index (κ1) is 23.7. The lowest BCUT2D eigenvalue weighted by Gasteiger charge is -2.52. The minimum Gasteiger partial charge on any atom is -0.326 e. The Morgan fingerprint density at radius 3 is 2.18 bits per heavy atom. The Morgan fingerprint density at radius 1 is 1.03 bits per heavy atom. The predicted octanol–water partition coefficient (Wildman–Crippen LogP) is 4.78. The van der Waals surface area contributed by atoms with Crippen molar-refractivity contribution in [3.05, 3.63) is 29.8 Å². The van der Waals surface area contributed by atoms with Gasteiger partial charge in [0.15, 0.2) is 5.78 Å². The number of ketones is 1. The lowest BCUT2D eigenvalue weighted by Crippen LogP contribution is -2.58. The molecule has 2 bridgehead atoms. The van der Waals surface area contributed by atoms with Crippen LogP contribution in [0.1, 0.15) is 56.9 Å². The zero-order valence-corrected chi connectivity index (χ0v) is 18.2. The third-order valence-corrected chi connectivity index (χ3v) is 7.92. The smallest absolute Gasteiger partial charge is 0.326 e. The molecule has 1 aromatic carbocycles. The molecular formula is C24H27F4N3O2. The van der Waals surface area contributed by atoms with Crippen molar-refractivity contribution in [1.29, 1.82) is 5.26 Å². The molecule has 0 radical (unpaired) electrons. The molecule has 3 atom stereocenters. The Balaban J connectivity index is 1.31. The maximum absolute atomic E-state index is 13.6. The number of carbonyl (C=O) groups excluding carboxylic acids is 2. The number of hydrogen-bond acceptors (Lipinski definition) is 4. The van der Waals surface area contributed by atoms with Gasteiger partial charge in [0.2, 0.25) is 5.91 Å². The average Bonchev–Trinajstić information content (AvgIpc) is 3.19. The Morgan fingerprint density at radius 2 is 1.64 bits per heavy atom. The number of anilines is 1. The molecule has 1 unspecified atom stereocenters. The number of rotatable bonds is 6. The van der Waals surface area contributed by atoms with Gasteiger partial charge in [-0.05, 0) is 75.6 Å². The number of benzene rings is 1. The van der Waals surface area contributed by atoms with E-state index in [1.165, 1.54) is 12.1 Å². The molecule has 33 heavy (non-hydrogen) atoms. The first-order valence-corrected chi connectivity index (χ1v) is 11.4. The minimum atomic E-state index is -4.42. The number of amides is 1. The summed E-state index contributed by atoms with van der Waals surface area (Å²) in [5, 5.41) is 15.3. The lowest BCUT2D eigenvalue weighted by atomic mass is 9.57. The number of carbonyl (C=O) groups is 2. The van der Waals surface area contributed by atoms with Crippen molar-refractivity contribution in [1.82, 2.24) is 5.32 Å². The largest absolute Gasteiger partial charge is 0.416 e. The number of alkyl halides is 4. The van der Waals surface area contributed by atoms with Gasteiger partial charge in [-0.1, -0.05) is 0 Å². The number of fused-ring (bicyclic) bond motifs is 3. The van der Waals surface area contributed by atoms with E-state index < -0.39 is 35.2 Å². The van der Waals surface area contributed by atoms with Crippen LogP contribution in [0.25, 0.3) is 0 Å². The van der Waals surface area contributed by atoms with E-state index in [2.05, 4.69) is 16.7 Å². The summed E-state index contributed by atoms with van der Waals surface area (Å²) in [6, 6.07) is 6.48. The highest BCUT2D eigenvalue weighted by Crippen LogP contribution is 2.53. The Hall–Kier alpha value is -2.47. The Bertz CT molecular complexity index is 929. The van der Waals surface area contributed by atoms with E-state index in [1.54, 1.807) is 0 Å². The van der Waals surface area contributed by atoms with E-state index in [4.69, 9.17) is 0 Å². The Kier molecular flexibility index (Phi) is 6.25. The summed E-state index contributed by atoms with van der Waals surface area (Å²) < 4.78 is 51.9. The van der Waals surface area contributed by atoms with Crippen LogP contribution in [0, 0.1) is 28.6 Å². The van der Waals surface area contributed by atoms with E-state index in [1.807, 2.05) is 0 Å². The molecule has 9 heteroatoms. The summed E-state index contributed by atoms with van der Waals surface area (Å²) in [5.74, 6) is -1.43. The third-order valence-electron chi connectivity index (χ3n) is 7.92. The number of nitrogens with zero attached hydrogens (tertiary/aromatic N) is 1. The summed E-state index contributed by atoms with van der Waals surface area (Å²) in [7, 11) is 0. The van der Waals surface area contributed by atoms with Crippen LogP contribution in [0.15, 0.2) is 24.3 Å². The van der Waals surface area contributed by atoms with Crippen LogP contribution < -0.4 is 10.6 Å². The molecule has 0 aromatic heterocycles. The van der Waals surface area contributed by atoms with E-state index in [-0.39, 0.29) is 36.6 Å². The van der Waals surface area contributed by atoms with Gasteiger partial charge < -0.3 is 10.6 Å². The minimum absolute atomic E-state index is 0.0975. The van der Waals surface area contributed by atoms with E-state index in [0.29, 0.717) is 44.2 Å². The molecule has 4 aliphatic rings. The van der Waals surface area contributed by atoms with Crippen LogP contribution in [-0.4, -0.2) is 29.9 Å². The highest BCUT2D eigenvalue weighted by Gasteiger charge is 2.52. The standard InChI is InChI=1S/C24H27F4N3O2/c25-17-11-15(13-29)19(12-17)20(32)14-30-23-8-5-22(6-9-23,7-10-23)21(33)31-18-3-1-16(2-4-18)24(26,27)28/h1-4,15,17,19,30H,5-12,14H2,(H,31,33)/t15-,17-,19?,22?,23?/m0/s1. The molecule has 0 aliphatic heterocycles. The van der Waals surface area contributed by atoms with E-state index >= 15 is 0 Å². The van der Waals surface area contributed by atoms with Gasteiger partial charge in [-0.25, -0.2) is 4.39 Å². The van der Waals surface area contributed by atoms with E-state index in [9.17, 15) is 32.4 Å². The van der Waals surface area contributed by atoms with Gasteiger partial charge in [-0.3, -0.25) is 9.59 Å². The van der Waals surface area contributed by atoms with Gasteiger partial charge in [0.1, 0.15) is 6.17 Å². The SMILES string of the molecule is N#C[C@@H]1C[C@H](F)CC1C(=O)CNC12CCC(C(=O)Nc3ccc(C(F)(F)F)cc3)(CC1)CC2. The van der Waals surface area contributed by atoms with Crippen LogP contribution in [0.2, 0.25) is 0 Å². The fourth-order valence-corrected chi connectivity index (χ4v) is 5.68. The van der Waals surface area contributed by atoms with Crippen LogP contribution in [0.5, 0.6) is 0 Å². The van der Waals surface area contributed by atoms with Crippen molar-refractivity contribution in [3.8, 4) is 6.07 Å². The second kappa shape index (κ2) is 8.71. The first-order valence-electron chi connectivity index (χ1n) is 11.4. The van der Waals surface area contributed by atoms with Gasteiger partial charge in [0.25, 0.3) is 0 Å². The van der Waals surface area contributed by atoms with Crippen molar-refractivity contribution in [2.24, 2.45) is 17.3 Å². The maximum Gasteiger partial charge on any atom is 0.416 e. The Labute approximate surface area is 189 Å². The zero-order chi connectivity index (χ0) is 23.9. The van der Waals surface area contributed by atoms with Gasteiger partial charge in [-0.2, -0.15) is 18.4 Å². The quantitative estimate of drug-likeness (QED) is 0.593. The molecule has 4 aliphatic carbocycles. The number of nitriles is 1. The maximum atomic E-state index is 13.6. The fraction of sp³-hybridized carbons (Fsp3) is 0.625. The number of halogens is 4. The molecule has 5 rings (SSSR count). The third kappa shape index (κ3) is 4.77. The molecule has 5 nitrogen and oxygen atoms in total. The molecule has 0 spiro atoms. The number of Topliss-reactive ketones (excluding diaryl/α,β-unsaturated/α-hetero) is 1. The summed E-state index contributed by atoms with van der Waals surface area (Å²) >= 11 is 0. The summed E-state index contributed by atoms with van der Waals surface area (Å²) in [4.78, 5) is 25.6. The van der Waals surface area contributed by atoms with Crippen molar-refractivity contribution in [2.75, 3.05) is 11.9 Å². The zero-order valence-electron chi connectivity index (χ0n) is 18.2. The molecule has 1 amide bonds. The molecule has 4 fully saturated rings. The monoisotopic (exact) mass is 465 g/mol. The lowest BCUT2D eigenvalue weighted by molar-refractivity contribution is -0.137. The first-order chi connectivity index (χ1) is 15.6. The molecule has 0 saturated heterocycles. The van der Waals surface area contributed by atoms with Gasteiger partial charge in [-0.15, -0.1) is 0 Å². The average molecular weight is 465 g/mol. The fourth-order valence-electron chi connectivity index (χ4n) is 5.68. The number of hydrogen-bond donors (Lipinski definition) is 2. The molecular weight excluding hydrogens is 438 g/mol. The number of nitrogens with one attached hydrogen (secondary N) is 2. The van der Waals surface area contributed by atoms with Crippen LogP contribution >= 0.6 is 0 Å². The van der Waals surface area contributed by atoms with Crippen molar-refractivity contribution in [3.63, 3.8) is 0 Å². The van der Waals surface area contributed by atoms with Crippen LogP contribution in [0.3, 0.4) is 0 Å². The molecule has 2 N–H and O–H groups in total. The second-order valence-corrected chi connectivity index (χ2v) is 9.82. The van der Waals surface area contributed by atoms with Gasteiger partial charge in [0.05, 0.1) is 24.1 Å². The highest BCUT2D eigenvalue weighted by atomic mass is 19.4. The van der Waals surface area contributed by atoms with Crippen molar-refractivity contribution in [2.45, 2.75) is 69.3 Å². The van der Waals surface area contributed by atoms with Crippen molar-refractivity contribution < 1.29 is 27.2 Å². The van der Waals surface area contributed by atoms with Crippen LogP contribution in [-0.2, 0) is 15.8 Å². The predicted molar refractivity (Wildman–Crippen MR) is 113 cm³/mol. The van der Waals surface area contributed by atoms with Crippen molar-refractivity contribution >= 4 is 17.4 Å². The molecule has 0 heterocycles. The summed E-state index contributed by atoms with van der Waals surface area (Å²) in [5.41, 5.74) is -1.24. The van der Waals surface area contributed by atoms with Crippen LogP contribution in [0.4, 0.5) is 23.2 Å². The highest BCUT2D eigenvalue weighted by molar-refractivity contribution is 5.95. The summed E-state index contributed by atoms with van der Waals surface area (Å²) in [6.45, 7) is 0.0975. The molecule has 4 saturated carbocycles. The van der Waals surface area contributed by atoms with Gasteiger partial charge >= 0.3 is 6.18 Å². The summed E-state index contributed by atoms with van der Waals surface area (Å²) in [6.07, 6.45) is -1.31. The molecule has 1 aromatic rings. The normalized spacial score (nSPS) is 33.5. The van der Waals surface area contributed by atoms with E-state index in [0.717, 1.165) is 12.1 Å². The second-order valence-electron chi connectivity index (χ2n) is 9.82. The topological polar surface area (TPSA) is 82.0 Å². The van der Waals surface area contributed by atoms with Gasteiger partial charge in [0, 0.05) is 22.6 Å². The molecule has 178 valence electrons.